The van der Waals surface area contributed by atoms with Gasteiger partial charge in [-0.1, -0.05) is 30.3 Å². The summed E-state index contributed by atoms with van der Waals surface area (Å²) in [6, 6.07) is -0.924. The Morgan fingerprint density at radius 2 is 2.08 bits per heavy atom. The monoisotopic (exact) mass is 405 g/mol. The number of nitrogens with zero attached hydrogens (tertiary/aromatic N) is 3. The number of ether oxygens (including phenoxy) is 2. The minimum absolute atomic E-state index is 0.00512. The van der Waals surface area contributed by atoms with Gasteiger partial charge in [-0.3, -0.25) is 0 Å². The van der Waals surface area contributed by atoms with Gasteiger partial charge in [-0.15, -0.1) is 0 Å². The number of rotatable bonds is 6. The van der Waals surface area contributed by atoms with Crippen LogP contribution in [0.2, 0.25) is 5.15 Å². The zero-order valence-corrected chi connectivity index (χ0v) is 16.1. The van der Waals surface area contributed by atoms with Crippen molar-refractivity contribution in [1.82, 2.24) is 9.97 Å². The van der Waals surface area contributed by atoms with E-state index in [1.807, 2.05) is 6.92 Å². The van der Waals surface area contributed by atoms with E-state index in [0.717, 1.165) is 12.2 Å². The number of alkyl halides is 1. The summed E-state index contributed by atoms with van der Waals surface area (Å²) in [6.45, 7) is 5.43. The molecule has 0 spiro atoms. The third-order valence-corrected chi connectivity index (χ3v) is 5.51. The van der Waals surface area contributed by atoms with Gasteiger partial charge in [0.1, 0.15) is 18.3 Å². The molecule has 3 N–H and O–H groups in total. The third kappa shape index (κ3) is 3.65. The quantitative estimate of drug-likeness (QED) is 0.288. The van der Waals surface area contributed by atoms with Crippen LogP contribution in [0.5, 0.6) is 0 Å². The van der Waals surface area contributed by atoms with Gasteiger partial charge in [0.15, 0.2) is 33.8 Å². The average molecular weight is 406 g/mol. The molecular formula is C15H21ClFN5O3S. The van der Waals surface area contributed by atoms with Gasteiger partial charge in [0.2, 0.25) is 0 Å². The first-order valence-electron chi connectivity index (χ1n) is 8.29. The van der Waals surface area contributed by atoms with E-state index in [1.165, 1.54) is 11.8 Å². The summed E-state index contributed by atoms with van der Waals surface area (Å²) in [5.74, 6) is -0.00572. The lowest BCUT2D eigenvalue weighted by Crippen LogP contribution is -2.40. The Morgan fingerprint density at radius 1 is 1.38 bits per heavy atom. The number of anilines is 1. The summed E-state index contributed by atoms with van der Waals surface area (Å²) >= 11 is 7.50. The van der Waals surface area contributed by atoms with Gasteiger partial charge in [0.25, 0.3) is 0 Å². The average Bonchev–Trinajstić information content (AvgIpc) is 3.00. The maximum atomic E-state index is 14.6. The minimum Gasteiger partial charge on any atom is -0.387 e. The first-order valence-corrected chi connectivity index (χ1v) is 9.66. The third-order valence-electron chi connectivity index (χ3n) is 4.19. The maximum Gasteiger partial charge on any atom is 0.191 e. The van der Waals surface area contributed by atoms with E-state index < -0.39 is 36.3 Å². The van der Waals surface area contributed by atoms with Crippen LogP contribution < -0.4 is 5.32 Å². The number of thioether (sulfide) groups is 1. The Balaban J connectivity index is 1.89. The Hall–Kier alpha value is -1.07. The van der Waals surface area contributed by atoms with Gasteiger partial charge in [-0.05, 0) is 20.3 Å². The number of hydrogen-bond acceptors (Lipinski definition) is 9. The van der Waals surface area contributed by atoms with Crippen LogP contribution in [-0.2, 0) is 9.47 Å². The van der Waals surface area contributed by atoms with E-state index in [0.29, 0.717) is 5.16 Å². The zero-order chi connectivity index (χ0) is 19.1. The predicted molar refractivity (Wildman–Crippen MR) is 95.0 cm³/mol. The second-order valence-corrected chi connectivity index (χ2v) is 8.04. The predicted octanol–water partition coefficient (Wildman–Crippen LogP) is 3.31. The van der Waals surface area contributed by atoms with Gasteiger partial charge < -0.3 is 19.9 Å². The van der Waals surface area contributed by atoms with Gasteiger partial charge in [0, 0.05) is 5.75 Å². The van der Waals surface area contributed by atoms with Gasteiger partial charge in [-0.2, -0.15) is 5.11 Å². The second kappa shape index (κ2) is 7.51. The Labute approximate surface area is 159 Å². The molecule has 0 aromatic carbocycles. The summed E-state index contributed by atoms with van der Waals surface area (Å²) in [5, 5.41) is 16.8. The molecule has 1 aromatic heterocycles. The number of nitrogens with one attached hydrogen (secondary N) is 2. The molecule has 1 aromatic rings. The Morgan fingerprint density at radius 3 is 2.73 bits per heavy atom. The number of aliphatic hydroxyl groups excluding tert-OH is 1. The van der Waals surface area contributed by atoms with E-state index in [2.05, 4.69) is 20.4 Å². The minimum atomic E-state index is -1.64. The van der Waals surface area contributed by atoms with Gasteiger partial charge in [0.05, 0.1) is 6.04 Å². The smallest absolute Gasteiger partial charge is 0.191 e. The van der Waals surface area contributed by atoms with Crippen LogP contribution in [0.15, 0.2) is 10.3 Å². The molecule has 144 valence electrons. The molecule has 1 aliphatic heterocycles. The first-order chi connectivity index (χ1) is 12.3. The van der Waals surface area contributed by atoms with E-state index in [4.69, 9.17) is 26.6 Å². The molecule has 26 heavy (non-hydrogen) atoms. The Kier molecular flexibility index (Phi) is 5.69. The highest BCUT2D eigenvalue weighted by atomic mass is 35.5. The van der Waals surface area contributed by atoms with Crippen molar-refractivity contribution in [2.24, 2.45) is 5.11 Å². The number of hydrogen-bond donors (Lipinski definition) is 3. The second-order valence-electron chi connectivity index (χ2n) is 6.62. The fourth-order valence-corrected chi connectivity index (χ4v) is 4.08. The van der Waals surface area contributed by atoms with Crippen LogP contribution >= 0.6 is 23.4 Å². The summed E-state index contributed by atoms with van der Waals surface area (Å²) in [7, 11) is 0. The number of halogens is 2. The van der Waals surface area contributed by atoms with Gasteiger partial charge in [-0.25, -0.2) is 19.9 Å². The molecular weight excluding hydrogens is 385 g/mol. The van der Waals surface area contributed by atoms with Crippen LogP contribution in [-0.4, -0.2) is 57.1 Å². The maximum absolute atomic E-state index is 14.6. The van der Waals surface area contributed by atoms with E-state index in [1.54, 1.807) is 13.8 Å². The lowest BCUT2D eigenvalue weighted by atomic mass is 10.2. The highest BCUT2D eigenvalue weighted by Crippen LogP contribution is 2.42. The van der Waals surface area contributed by atoms with Crippen molar-refractivity contribution >= 4 is 34.9 Å². The van der Waals surface area contributed by atoms with Crippen molar-refractivity contribution in [3.8, 4) is 0 Å². The standard InChI is InChI=1S/C15H21ClFN5O3S/c1-4-5-26-14-20-12(16)8(22-18)13(21-14)19-7-6(17)9(23)11-10(7)24-15(2,3)25-11/h6-7,9-11,18,23H,4-5H2,1-3H3,(H,19,20,21). The fourth-order valence-electron chi connectivity index (χ4n) is 3.12. The van der Waals surface area contributed by atoms with Crippen LogP contribution in [0, 0.1) is 5.53 Å². The molecule has 5 atom stereocenters. The molecule has 11 heteroatoms. The molecule has 3 rings (SSSR count). The lowest BCUT2D eigenvalue weighted by molar-refractivity contribution is -0.169. The van der Waals surface area contributed by atoms with Crippen LogP contribution in [0.25, 0.3) is 0 Å². The summed E-state index contributed by atoms with van der Waals surface area (Å²) < 4.78 is 26.0. The first kappa shape index (κ1) is 19.7. The van der Waals surface area contributed by atoms with E-state index in [9.17, 15) is 9.50 Å². The topological polar surface area (TPSA) is 113 Å². The van der Waals surface area contributed by atoms with Crippen LogP contribution in [0.1, 0.15) is 27.2 Å². The highest BCUT2D eigenvalue weighted by molar-refractivity contribution is 7.99. The molecule has 8 nitrogen and oxygen atoms in total. The molecule has 2 heterocycles. The summed E-state index contributed by atoms with van der Waals surface area (Å²) in [4.78, 5) is 8.42. The summed E-state index contributed by atoms with van der Waals surface area (Å²) in [5.41, 5.74) is 7.33. The van der Waals surface area contributed by atoms with Crippen molar-refractivity contribution in [2.45, 2.75) is 68.7 Å². The lowest BCUT2D eigenvalue weighted by Gasteiger charge is -2.25. The van der Waals surface area contributed by atoms with Crippen molar-refractivity contribution in [3.63, 3.8) is 0 Å². The molecule has 0 amide bonds. The molecule has 1 saturated carbocycles. The van der Waals surface area contributed by atoms with Crippen molar-refractivity contribution in [1.29, 1.82) is 5.53 Å². The van der Waals surface area contributed by atoms with E-state index >= 15 is 0 Å². The van der Waals surface area contributed by atoms with Crippen LogP contribution in [0.3, 0.4) is 0 Å². The molecule has 0 radical (unpaired) electrons. The molecule has 1 saturated heterocycles. The van der Waals surface area contributed by atoms with E-state index in [-0.39, 0.29) is 16.7 Å². The SMILES string of the molecule is CCCSc1nc(Cl)c(N=N)c(NC2C(F)C(O)C3OC(C)(C)OC23)n1. The molecule has 2 fully saturated rings. The molecule has 5 unspecified atom stereocenters. The van der Waals surface area contributed by atoms with Gasteiger partial charge >= 0.3 is 0 Å². The molecule has 0 bridgehead atoms. The Bertz CT molecular complexity index is 697. The number of aromatic nitrogens is 2. The fraction of sp³-hybridized carbons (Fsp3) is 0.733. The zero-order valence-electron chi connectivity index (χ0n) is 14.6. The van der Waals surface area contributed by atoms with Crippen molar-refractivity contribution in [3.05, 3.63) is 5.15 Å². The summed E-state index contributed by atoms with van der Waals surface area (Å²) in [6.07, 6.45) is -3.55. The normalized spacial score (nSPS) is 32.5. The number of fused-ring (bicyclic) bond motifs is 1. The molecule has 2 aliphatic rings. The number of aliphatic hydroxyl groups is 1. The highest BCUT2D eigenvalue weighted by Gasteiger charge is 2.59. The molecule has 1 aliphatic carbocycles. The largest absolute Gasteiger partial charge is 0.387 e. The van der Waals surface area contributed by atoms with Crippen molar-refractivity contribution < 1.29 is 19.0 Å². The van der Waals surface area contributed by atoms with Crippen molar-refractivity contribution in [2.75, 3.05) is 11.1 Å². The van der Waals surface area contributed by atoms with Crippen LogP contribution in [0.4, 0.5) is 15.9 Å².